The summed E-state index contributed by atoms with van der Waals surface area (Å²) >= 11 is 0. The van der Waals surface area contributed by atoms with Crippen molar-refractivity contribution in [2.45, 2.75) is 51.1 Å². The van der Waals surface area contributed by atoms with Crippen LogP contribution in [0.1, 0.15) is 71.5 Å². The average Bonchev–Trinajstić information content (AvgIpc) is 2.96. The summed E-state index contributed by atoms with van der Waals surface area (Å²) in [5.41, 5.74) is 1.54. The summed E-state index contributed by atoms with van der Waals surface area (Å²) in [6.45, 7) is 1.47. The monoisotopic (exact) mass is 516 g/mol. The van der Waals surface area contributed by atoms with Crippen LogP contribution >= 0.6 is 0 Å². The lowest BCUT2D eigenvalue weighted by Gasteiger charge is -2.33. The molecule has 1 saturated carbocycles. The first-order valence-electron chi connectivity index (χ1n) is 12.7. The van der Waals surface area contributed by atoms with Crippen LogP contribution in [0.25, 0.3) is 0 Å². The van der Waals surface area contributed by atoms with Crippen LogP contribution in [0.3, 0.4) is 0 Å². The van der Waals surface area contributed by atoms with Gasteiger partial charge in [-0.3, -0.25) is 24.3 Å². The van der Waals surface area contributed by atoms with Crippen molar-refractivity contribution in [2.24, 2.45) is 0 Å². The molecule has 1 fully saturated rings. The van der Waals surface area contributed by atoms with E-state index in [9.17, 15) is 14.4 Å². The minimum Gasteiger partial charge on any atom is -0.493 e. The first kappa shape index (κ1) is 26.8. The Morgan fingerprint density at radius 2 is 1.66 bits per heavy atom. The van der Waals surface area contributed by atoms with Crippen molar-refractivity contribution in [3.8, 4) is 11.5 Å². The number of amides is 2. The molecular weight excluding hydrogens is 484 g/mol. The summed E-state index contributed by atoms with van der Waals surface area (Å²) in [7, 11) is 3.05. The fourth-order valence-corrected chi connectivity index (χ4v) is 4.74. The summed E-state index contributed by atoms with van der Waals surface area (Å²) < 4.78 is 10.9. The van der Waals surface area contributed by atoms with Gasteiger partial charge in [-0.15, -0.1) is 0 Å². The van der Waals surface area contributed by atoms with Crippen LogP contribution in [-0.4, -0.2) is 47.8 Å². The number of carbonyl (C=O) groups is 3. The average molecular weight is 517 g/mol. The number of benzene rings is 2. The van der Waals surface area contributed by atoms with Gasteiger partial charge in [-0.1, -0.05) is 25.3 Å². The van der Waals surface area contributed by atoms with Gasteiger partial charge in [-0.2, -0.15) is 0 Å². The number of methoxy groups -OCH3 is 2. The number of ether oxygens (including phenoxy) is 2. The van der Waals surface area contributed by atoms with E-state index < -0.39 is 11.9 Å². The van der Waals surface area contributed by atoms with Crippen LogP contribution in [-0.2, 0) is 4.79 Å². The van der Waals surface area contributed by atoms with E-state index in [-0.39, 0.29) is 23.4 Å². The molecule has 0 radical (unpaired) electrons. The first-order chi connectivity index (χ1) is 18.4. The van der Waals surface area contributed by atoms with E-state index in [1.54, 1.807) is 42.5 Å². The number of rotatable bonds is 9. The second kappa shape index (κ2) is 12.3. The molecule has 1 aromatic heterocycles. The van der Waals surface area contributed by atoms with Gasteiger partial charge < -0.3 is 14.8 Å². The molecule has 2 amide bonds. The molecule has 9 nitrogen and oxygen atoms in total. The van der Waals surface area contributed by atoms with Crippen molar-refractivity contribution >= 4 is 23.3 Å². The molecule has 4 rings (SSSR count). The van der Waals surface area contributed by atoms with Gasteiger partial charge in [0, 0.05) is 29.7 Å². The maximum atomic E-state index is 14.0. The lowest BCUT2D eigenvalue weighted by Crippen LogP contribution is -2.47. The fourth-order valence-electron chi connectivity index (χ4n) is 4.74. The zero-order valence-corrected chi connectivity index (χ0v) is 21.8. The molecule has 1 aliphatic carbocycles. The number of aromatic nitrogens is 2. The number of hydrogen-bond acceptors (Lipinski definition) is 7. The normalized spacial score (nSPS) is 14.3. The van der Waals surface area contributed by atoms with Gasteiger partial charge in [0.1, 0.15) is 11.7 Å². The fraction of sp³-hybridized carbons (Fsp3) is 0.345. The Bertz CT molecular complexity index is 1270. The molecule has 9 heteroatoms. The van der Waals surface area contributed by atoms with Crippen molar-refractivity contribution in [1.82, 2.24) is 15.3 Å². The summed E-state index contributed by atoms with van der Waals surface area (Å²) in [5.74, 6) is -0.00121. The highest BCUT2D eigenvalue weighted by Crippen LogP contribution is 2.35. The highest BCUT2D eigenvalue weighted by molar-refractivity contribution is 6.09. The zero-order chi connectivity index (χ0) is 27.1. The lowest BCUT2D eigenvalue weighted by molar-refractivity contribution is -0.123. The Morgan fingerprint density at radius 3 is 2.26 bits per heavy atom. The molecule has 0 aliphatic heterocycles. The van der Waals surface area contributed by atoms with E-state index in [1.165, 1.54) is 44.6 Å². The van der Waals surface area contributed by atoms with Gasteiger partial charge >= 0.3 is 0 Å². The Kier molecular flexibility index (Phi) is 8.68. The number of hydrogen-bond donors (Lipinski definition) is 1. The third-order valence-corrected chi connectivity index (χ3v) is 6.73. The zero-order valence-electron chi connectivity index (χ0n) is 21.8. The summed E-state index contributed by atoms with van der Waals surface area (Å²) in [5, 5.41) is 3.17. The Hall–Kier alpha value is -4.27. The maximum absolute atomic E-state index is 14.0. The molecule has 3 aromatic rings. The molecule has 0 saturated heterocycles. The number of nitrogens with zero attached hydrogens (tertiary/aromatic N) is 3. The van der Waals surface area contributed by atoms with Crippen molar-refractivity contribution in [3.05, 3.63) is 77.9 Å². The SMILES string of the molecule is COc1ccc(C(C(=O)NC2CCCCC2)N(C(=O)c2cnccn2)c2ccc(C(C)=O)cc2)cc1OC. The van der Waals surface area contributed by atoms with Gasteiger partial charge in [0.15, 0.2) is 17.3 Å². The molecule has 2 aromatic carbocycles. The molecule has 1 aliphatic rings. The van der Waals surface area contributed by atoms with Gasteiger partial charge in [0.2, 0.25) is 5.91 Å². The second-order valence-corrected chi connectivity index (χ2v) is 9.23. The Balaban J connectivity index is 1.85. The molecule has 198 valence electrons. The van der Waals surface area contributed by atoms with Crippen molar-refractivity contribution in [3.63, 3.8) is 0 Å². The van der Waals surface area contributed by atoms with Gasteiger partial charge in [0.05, 0.1) is 20.4 Å². The summed E-state index contributed by atoms with van der Waals surface area (Å²) in [6.07, 6.45) is 9.27. The van der Waals surface area contributed by atoms with Crippen LogP contribution in [0.2, 0.25) is 0 Å². The van der Waals surface area contributed by atoms with E-state index in [2.05, 4.69) is 15.3 Å². The van der Waals surface area contributed by atoms with E-state index >= 15 is 0 Å². The van der Waals surface area contributed by atoms with Gasteiger partial charge in [0.25, 0.3) is 5.91 Å². The number of Topliss-reactive ketones (excluding diaryl/α,β-unsaturated/α-hetero) is 1. The highest BCUT2D eigenvalue weighted by Gasteiger charge is 2.36. The second-order valence-electron chi connectivity index (χ2n) is 9.23. The van der Waals surface area contributed by atoms with Gasteiger partial charge in [-0.05, 0) is 61.7 Å². The maximum Gasteiger partial charge on any atom is 0.279 e. The topological polar surface area (TPSA) is 111 Å². The molecule has 1 N–H and O–H groups in total. The van der Waals surface area contributed by atoms with E-state index in [1.807, 2.05) is 0 Å². The highest BCUT2D eigenvalue weighted by atomic mass is 16.5. The third-order valence-electron chi connectivity index (χ3n) is 6.73. The summed E-state index contributed by atoms with van der Waals surface area (Å²) in [6, 6.07) is 10.7. The molecule has 1 atom stereocenters. The van der Waals surface area contributed by atoms with Crippen LogP contribution in [0.5, 0.6) is 11.5 Å². The molecule has 0 bridgehead atoms. The number of nitrogens with one attached hydrogen (secondary N) is 1. The largest absolute Gasteiger partial charge is 0.493 e. The standard InChI is InChI=1S/C29H32N4O5/c1-19(34)20-9-12-23(13-10-20)33(29(36)24-18-30-15-16-31-24)27(28(35)32-22-7-5-4-6-8-22)21-11-14-25(37-2)26(17-21)38-3/h9-18,22,27H,4-8H2,1-3H3,(H,32,35). The minimum atomic E-state index is -1.06. The minimum absolute atomic E-state index is 0.0208. The van der Waals surface area contributed by atoms with Crippen molar-refractivity contribution < 1.29 is 23.9 Å². The van der Waals surface area contributed by atoms with Gasteiger partial charge in [-0.25, -0.2) is 4.98 Å². The van der Waals surface area contributed by atoms with E-state index in [0.29, 0.717) is 28.3 Å². The van der Waals surface area contributed by atoms with E-state index in [4.69, 9.17) is 9.47 Å². The molecule has 1 unspecified atom stereocenters. The van der Waals surface area contributed by atoms with Crippen LogP contribution in [0.15, 0.2) is 61.1 Å². The Morgan fingerprint density at radius 1 is 0.947 bits per heavy atom. The predicted octanol–water partition coefficient (Wildman–Crippen LogP) is 4.53. The predicted molar refractivity (Wildman–Crippen MR) is 143 cm³/mol. The molecule has 0 spiro atoms. The molecular formula is C29H32N4O5. The van der Waals surface area contributed by atoms with Crippen LogP contribution in [0, 0.1) is 0 Å². The molecule has 1 heterocycles. The number of anilines is 1. The number of carbonyl (C=O) groups excluding carboxylic acids is 3. The van der Waals surface area contributed by atoms with E-state index in [0.717, 1.165) is 32.1 Å². The molecule has 38 heavy (non-hydrogen) atoms. The lowest BCUT2D eigenvalue weighted by atomic mass is 9.94. The van der Waals surface area contributed by atoms with Crippen LogP contribution in [0.4, 0.5) is 5.69 Å². The van der Waals surface area contributed by atoms with Crippen molar-refractivity contribution in [2.75, 3.05) is 19.1 Å². The quantitative estimate of drug-likeness (QED) is 0.416. The Labute approximate surface area is 222 Å². The van der Waals surface area contributed by atoms with Crippen LogP contribution < -0.4 is 19.7 Å². The number of ketones is 1. The third kappa shape index (κ3) is 5.99. The first-order valence-corrected chi connectivity index (χ1v) is 12.7. The smallest absolute Gasteiger partial charge is 0.279 e. The van der Waals surface area contributed by atoms with Crippen molar-refractivity contribution in [1.29, 1.82) is 0 Å². The summed E-state index contributed by atoms with van der Waals surface area (Å²) in [4.78, 5) is 49.6.